The molecule has 2 aromatic carbocycles. The average molecular weight is 514 g/mol. The van der Waals surface area contributed by atoms with Gasteiger partial charge in [0.15, 0.2) is 5.92 Å². The van der Waals surface area contributed by atoms with Crippen molar-refractivity contribution in [3.05, 3.63) is 58.6 Å². The lowest BCUT2D eigenvalue weighted by atomic mass is 10.1. The Bertz CT molecular complexity index is 1130. The van der Waals surface area contributed by atoms with E-state index in [4.69, 9.17) is 0 Å². The van der Waals surface area contributed by atoms with Crippen molar-refractivity contribution < 1.29 is 24.0 Å². The molecular formula is C22H20BrN5O5. The molecule has 1 fully saturated rings. The summed E-state index contributed by atoms with van der Waals surface area (Å²) in [6.07, 6.45) is 0.963. The van der Waals surface area contributed by atoms with Crippen molar-refractivity contribution in [2.75, 3.05) is 10.2 Å². The third kappa shape index (κ3) is 5.69. The summed E-state index contributed by atoms with van der Waals surface area (Å²) in [5.74, 6) is -3.96. The van der Waals surface area contributed by atoms with Gasteiger partial charge in [0.1, 0.15) is 0 Å². The normalized spacial score (nSPS) is 16.2. The lowest BCUT2D eigenvalue weighted by Gasteiger charge is -2.28. The molecule has 1 heterocycles. The molecule has 0 aliphatic carbocycles. The summed E-state index contributed by atoms with van der Waals surface area (Å²) in [5.41, 5.74) is 3.31. The van der Waals surface area contributed by atoms with Gasteiger partial charge in [0.25, 0.3) is 11.8 Å². The Morgan fingerprint density at radius 3 is 2.30 bits per heavy atom. The molecule has 10 nitrogen and oxygen atoms in total. The van der Waals surface area contributed by atoms with Gasteiger partial charge < -0.3 is 5.32 Å². The molecule has 170 valence electrons. The van der Waals surface area contributed by atoms with Crippen LogP contribution in [0, 0.1) is 11.8 Å². The highest BCUT2D eigenvalue weighted by atomic mass is 79.9. The minimum Gasteiger partial charge on any atom is -0.326 e. The van der Waals surface area contributed by atoms with E-state index in [1.807, 2.05) is 0 Å². The Hall–Kier alpha value is -3.86. The van der Waals surface area contributed by atoms with E-state index in [1.165, 1.54) is 12.1 Å². The highest BCUT2D eigenvalue weighted by molar-refractivity contribution is 9.10. The van der Waals surface area contributed by atoms with Crippen molar-refractivity contribution >= 4 is 63.2 Å². The first-order valence-electron chi connectivity index (χ1n) is 9.86. The number of hydrogen-bond donors (Lipinski definition) is 3. The summed E-state index contributed by atoms with van der Waals surface area (Å²) in [5, 5.41) is 8.52. The minimum atomic E-state index is -1.40. The van der Waals surface area contributed by atoms with Crippen LogP contribution in [0.4, 0.5) is 16.2 Å². The van der Waals surface area contributed by atoms with Crippen LogP contribution in [-0.4, -0.2) is 35.9 Å². The number of halogens is 1. The topological polar surface area (TPSA) is 137 Å². The minimum absolute atomic E-state index is 0.150. The number of nitrogens with zero attached hydrogens (tertiary/aromatic N) is 2. The second kappa shape index (κ2) is 10.2. The molecule has 0 aromatic heterocycles. The molecule has 6 amide bonds. The van der Waals surface area contributed by atoms with Crippen LogP contribution in [-0.2, 0) is 14.4 Å². The van der Waals surface area contributed by atoms with Gasteiger partial charge in [0, 0.05) is 27.9 Å². The van der Waals surface area contributed by atoms with Gasteiger partial charge in [0.2, 0.25) is 11.8 Å². The monoisotopic (exact) mass is 513 g/mol. The Balaban J connectivity index is 1.65. The number of anilines is 2. The molecule has 0 radical (unpaired) electrons. The maximum atomic E-state index is 12.7. The van der Waals surface area contributed by atoms with E-state index < -0.39 is 29.7 Å². The van der Waals surface area contributed by atoms with Crippen LogP contribution >= 0.6 is 15.9 Å². The number of amides is 6. The number of hydrazone groups is 1. The van der Waals surface area contributed by atoms with Crippen molar-refractivity contribution in [1.82, 2.24) is 10.7 Å². The number of barbiturate groups is 1. The average Bonchev–Trinajstić information content (AvgIpc) is 2.77. The maximum absolute atomic E-state index is 12.7. The second-order valence-electron chi connectivity index (χ2n) is 7.36. The number of carbonyl (C=O) groups is 5. The number of benzene rings is 2. The zero-order valence-electron chi connectivity index (χ0n) is 17.7. The van der Waals surface area contributed by atoms with Crippen molar-refractivity contribution in [2.24, 2.45) is 16.9 Å². The first-order chi connectivity index (χ1) is 15.7. The molecular weight excluding hydrogens is 494 g/mol. The smallest absolute Gasteiger partial charge is 0.326 e. The summed E-state index contributed by atoms with van der Waals surface area (Å²) >= 11 is 3.27. The van der Waals surface area contributed by atoms with E-state index >= 15 is 0 Å². The largest absolute Gasteiger partial charge is 0.335 e. The van der Waals surface area contributed by atoms with Gasteiger partial charge in [-0.15, -0.1) is 0 Å². The summed E-state index contributed by atoms with van der Waals surface area (Å²) in [7, 11) is 0. The molecule has 33 heavy (non-hydrogen) atoms. The third-order valence-corrected chi connectivity index (χ3v) is 5.14. The molecule has 11 heteroatoms. The van der Waals surface area contributed by atoms with Gasteiger partial charge in [0.05, 0.1) is 5.69 Å². The first-order valence-corrected chi connectivity index (χ1v) is 10.7. The fraction of sp³-hybridized carbons (Fsp3) is 0.182. The number of rotatable bonds is 6. The molecule has 1 aliphatic rings. The van der Waals surface area contributed by atoms with Gasteiger partial charge in [-0.25, -0.2) is 15.1 Å². The van der Waals surface area contributed by atoms with E-state index in [-0.39, 0.29) is 23.1 Å². The number of hydrogen-bond acceptors (Lipinski definition) is 6. The van der Waals surface area contributed by atoms with Gasteiger partial charge >= 0.3 is 6.03 Å². The highest BCUT2D eigenvalue weighted by Crippen LogP contribution is 2.22. The Morgan fingerprint density at radius 2 is 1.70 bits per heavy atom. The second-order valence-corrected chi connectivity index (χ2v) is 8.28. The van der Waals surface area contributed by atoms with E-state index in [1.54, 1.807) is 50.2 Å². The molecule has 2 aromatic rings. The number of urea groups is 1. The first kappa shape index (κ1) is 23.8. The van der Waals surface area contributed by atoms with E-state index in [0.29, 0.717) is 5.69 Å². The Morgan fingerprint density at radius 1 is 1.06 bits per heavy atom. The molecule has 0 saturated carbocycles. The van der Waals surface area contributed by atoms with Gasteiger partial charge in [-0.3, -0.25) is 24.5 Å². The summed E-state index contributed by atoms with van der Waals surface area (Å²) in [6.45, 7) is 3.53. The maximum Gasteiger partial charge on any atom is 0.335 e. The van der Waals surface area contributed by atoms with Gasteiger partial charge in [-0.2, -0.15) is 5.10 Å². The van der Waals surface area contributed by atoms with Crippen LogP contribution in [0.5, 0.6) is 0 Å². The highest BCUT2D eigenvalue weighted by Gasteiger charge is 2.40. The standard InChI is InChI=1S/C22H20BrN5O5/c1-12(2)18(29)25-15-7-3-13(4-8-15)19(30)27-24-11-17-20(31)26-22(33)28(21(17)32)16-9-5-14(23)6-10-16/h3-12,17H,1-2H3,(H,25,29)(H,27,30)(H,26,31,33)/b24-11-/t17-/m1/s1. The summed E-state index contributed by atoms with van der Waals surface area (Å²) in [6, 6.07) is 11.6. The van der Waals surface area contributed by atoms with E-state index in [0.717, 1.165) is 15.6 Å². The fourth-order valence-corrected chi connectivity index (χ4v) is 3.05. The molecule has 0 bridgehead atoms. The summed E-state index contributed by atoms with van der Waals surface area (Å²) < 4.78 is 0.753. The Labute approximate surface area is 197 Å². The van der Waals surface area contributed by atoms with Crippen LogP contribution < -0.4 is 21.0 Å². The van der Waals surface area contributed by atoms with Gasteiger partial charge in [-0.05, 0) is 48.5 Å². The van der Waals surface area contributed by atoms with Crippen molar-refractivity contribution in [1.29, 1.82) is 0 Å². The molecule has 1 saturated heterocycles. The fourth-order valence-electron chi connectivity index (χ4n) is 2.78. The zero-order valence-corrected chi connectivity index (χ0v) is 19.3. The van der Waals surface area contributed by atoms with Crippen LogP contribution in [0.1, 0.15) is 24.2 Å². The zero-order chi connectivity index (χ0) is 24.1. The predicted octanol–water partition coefficient (Wildman–Crippen LogP) is 2.66. The van der Waals surface area contributed by atoms with E-state index in [9.17, 15) is 24.0 Å². The number of carbonyl (C=O) groups excluding carboxylic acids is 5. The molecule has 3 N–H and O–H groups in total. The third-order valence-electron chi connectivity index (χ3n) is 4.62. The summed E-state index contributed by atoms with van der Waals surface area (Å²) in [4.78, 5) is 61.9. The van der Waals surface area contributed by atoms with Crippen LogP contribution in [0.15, 0.2) is 58.1 Å². The predicted molar refractivity (Wildman–Crippen MR) is 125 cm³/mol. The van der Waals surface area contributed by atoms with Crippen molar-refractivity contribution in [3.63, 3.8) is 0 Å². The van der Waals surface area contributed by atoms with Crippen LogP contribution in [0.2, 0.25) is 0 Å². The molecule has 0 spiro atoms. The number of nitrogens with one attached hydrogen (secondary N) is 3. The van der Waals surface area contributed by atoms with Gasteiger partial charge in [-0.1, -0.05) is 29.8 Å². The van der Waals surface area contributed by atoms with Crippen molar-refractivity contribution in [3.8, 4) is 0 Å². The number of imide groups is 2. The molecule has 1 aliphatic heterocycles. The lowest BCUT2D eigenvalue weighted by Crippen LogP contribution is -2.58. The quantitative estimate of drug-likeness (QED) is 0.309. The SMILES string of the molecule is CC(C)C(=O)Nc1ccc(C(=O)N/N=C\[C@@H]2C(=O)NC(=O)N(c3ccc(Br)cc3)C2=O)cc1. The Kier molecular flexibility index (Phi) is 7.34. The lowest BCUT2D eigenvalue weighted by molar-refractivity contribution is -0.131. The van der Waals surface area contributed by atoms with E-state index in [2.05, 4.69) is 37.1 Å². The van der Waals surface area contributed by atoms with Crippen molar-refractivity contribution in [2.45, 2.75) is 13.8 Å². The molecule has 0 unspecified atom stereocenters. The van der Waals surface area contributed by atoms with Crippen LogP contribution in [0.25, 0.3) is 0 Å². The molecule has 1 atom stereocenters. The molecule has 3 rings (SSSR count). The van der Waals surface area contributed by atoms with Crippen LogP contribution in [0.3, 0.4) is 0 Å².